The normalized spacial score (nSPS) is 12.9. The molecule has 0 fully saturated rings. The van der Waals surface area contributed by atoms with Crippen LogP contribution in [0.4, 0.5) is 0 Å². The minimum Gasteiger partial charge on any atom is -0.481 e. The summed E-state index contributed by atoms with van der Waals surface area (Å²) in [4.78, 5) is 44.9. The number of aliphatic carboxylic acids is 1. The smallest absolute Gasteiger partial charge is 0.305 e. The van der Waals surface area contributed by atoms with E-state index >= 15 is 0 Å². The maximum Gasteiger partial charge on any atom is 0.305 e. The molecular weight excluding hydrogens is 492 g/mol. The highest BCUT2D eigenvalue weighted by molar-refractivity contribution is 5.82. The molecule has 0 unspecified atom stereocenters. The summed E-state index contributed by atoms with van der Waals surface area (Å²) in [5.74, 6) is -1.30. The fraction of sp³-hybridized carbons (Fsp3) is 0.419. The Morgan fingerprint density at radius 2 is 1.77 bits per heavy atom. The number of likely N-dealkylation sites (N-methyl/N-ethyl adjacent to an activating group) is 1. The van der Waals surface area contributed by atoms with Crippen LogP contribution in [0.3, 0.4) is 0 Å². The average Bonchev–Trinajstić information content (AvgIpc) is 2.86. The summed E-state index contributed by atoms with van der Waals surface area (Å²) >= 11 is 0. The molecule has 0 saturated heterocycles. The zero-order chi connectivity index (χ0) is 28.7. The van der Waals surface area contributed by atoms with E-state index in [2.05, 4.69) is 15.2 Å². The SMILES string of the molecule is Cc1cccc(C)c1-c1cncc([C@H](CC(=O)O)NC(=O)[C@H](CC(C)C)n2cc(CCN(C)C)ccc2=O)c1. The van der Waals surface area contributed by atoms with Crippen LogP contribution in [0.2, 0.25) is 0 Å². The first-order chi connectivity index (χ1) is 18.5. The number of nitrogens with one attached hydrogen (secondary N) is 1. The second-order valence-electron chi connectivity index (χ2n) is 10.9. The molecule has 0 saturated carbocycles. The third kappa shape index (κ3) is 8.10. The van der Waals surface area contributed by atoms with E-state index in [-0.39, 0.29) is 23.8 Å². The number of amides is 1. The summed E-state index contributed by atoms with van der Waals surface area (Å²) in [7, 11) is 3.97. The first-order valence-electron chi connectivity index (χ1n) is 13.4. The van der Waals surface area contributed by atoms with E-state index in [1.807, 2.05) is 66.1 Å². The zero-order valence-electron chi connectivity index (χ0n) is 23.8. The Hall–Kier alpha value is -3.78. The van der Waals surface area contributed by atoms with Gasteiger partial charge in [0.15, 0.2) is 0 Å². The molecule has 0 bridgehead atoms. The molecule has 0 aliphatic rings. The zero-order valence-corrected chi connectivity index (χ0v) is 23.8. The Labute approximate surface area is 230 Å². The van der Waals surface area contributed by atoms with E-state index in [1.165, 1.54) is 10.6 Å². The summed E-state index contributed by atoms with van der Waals surface area (Å²) in [6.07, 6.45) is 5.96. The van der Waals surface area contributed by atoms with Gasteiger partial charge in [0.25, 0.3) is 5.56 Å². The third-order valence-corrected chi connectivity index (χ3v) is 6.81. The molecule has 39 heavy (non-hydrogen) atoms. The molecule has 1 amide bonds. The van der Waals surface area contributed by atoms with Crippen molar-refractivity contribution in [2.24, 2.45) is 5.92 Å². The first kappa shape index (κ1) is 29.8. The molecule has 0 aliphatic carbocycles. The number of rotatable bonds is 12. The number of benzene rings is 1. The molecule has 0 aliphatic heterocycles. The number of hydrogen-bond donors (Lipinski definition) is 2. The Bertz CT molecular complexity index is 1340. The van der Waals surface area contributed by atoms with Crippen LogP contribution in [-0.2, 0) is 16.0 Å². The minimum atomic E-state index is -1.04. The van der Waals surface area contributed by atoms with Gasteiger partial charge in [0.2, 0.25) is 5.91 Å². The van der Waals surface area contributed by atoms with Crippen molar-refractivity contribution < 1.29 is 14.7 Å². The maximum atomic E-state index is 13.7. The molecule has 2 atom stereocenters. The summed E-state index contributed by atoms with van der Waals surface area (Å²) in [5.41, 5.74) is 5.34. The molecule has 8 nitrogen and oxygen atoms in total. The molecule has 2 aromatic heterocycles. The topological polar surface area (TPSA) is 105 Å². The van der Waals surface area contributed by atoms with Gasteiger partial charge >= 0.3 is 5.97 Å². The highest BCUT2D eigenvalue weighted by Gasteiger charge is 2.27. The van der Waals surface area contributed by atoms with Gasteiger partial charge in [0.05, 0.1) is 12.5 Å². The van der Waals surface area contributed by atoms with E-state index in [4.69, 9.17) is 0 Å². The Morgan fingerprint density at radius 1 is 1.08 bits per heavy atom. The van der Waals surface area contributed by atoms with Crippen LogP contribution in [0.1, 0.15) is 61.0 Å². The maximum absolute atomic E-state index is 13.7. The van der Waals surface area contributed by atoms with Crippen molar-refractivity contribution >= 4 is 11.9 Å². The Balaban J connectivity index is 1.97. The van der Waals surface area contributed by atoms with E-state index in [1.54, 1.807) is 24.7 Å². The van der Waals surface area contributed by atoms with Gasteiger partial charge in [-0.2, -0.15) is 0 Å². The molecule has 3 rings (SSSR count). The predicted octanol–water partition coefficient (Wildman–Crippen LogP) is 4.55. The van der Waals surface area contributed by atoms with Crippen molar-refractivity contribution in [1.82, 2.24) is 19.8 Å². The van der Waals surface area contributed by atoms with Gasteiger partial charge in [0, 0.05) is 36.8 Å². The molecule has 0 spiro atoms. The summed E-state index contributed by atoms with van der Waals surface area (Å²) in [6, 6.07) is 9.63. The van der Waals surface area contributed by atoms with Crippen molar-refractivity contribution in [2.75, 3.05) is 20.6 Å². The van der Waals surface area contributed by atoms with Crippen LogP contribution >= 0.6 is 0 Å². The van der Waals surface area contributed by atoms with Crippen molar-refractivity contribution in [3.8, 4) is 11.1 Å². The lowest BCUT2D eigenvalue weighted by Crippen LogP contribution is -2.40. The summed E-state index contributed by atoms with van der Waals surface area (Å²) in [5, 5.41) is 12.6. The second-order valence-corrected chi connectivity index (χ2v) is 10.9. The van der Waals surface area contributed by atoms with Crippen LogP contribution in [-0.4, -0.2) is 52.1 Å². The van der Waals surface area contributed by atoms with Gasteiger partial charge in [-0.15, -0.1) is 0 Å². The van der Waals surface area contributed by atoms with E-state index < -0.39 is 18.1 Å². The lowest BCUT2D eigenvalue weighted by molar-refractivity contribution is -0.138. The van der Waals surface area contributed by atoms with Gasteiger partial charge in [-0.1, -0.05) is 38.1 Å². The van der Waals surface area contributed by atoms with E-state index in [9.17, 15) is 19.5 Å². The standard InChI is InChI=1S/C31H40N4O4/c1-20(2)14-27(35-19-23(10-11-28(35)36)12-13-34(5)6)31(39)33-26(16-29(37)38)24-15-25(18-32-17-24)30-21(3)8-7-9-22(30)4/h7-11,15,17-20,26-27H,12-14,16H2,1-6H3,(H,33,39)(H,37,38)/t26-,27-/m0/s1. The lowest BCUT2D eigenvalue weighted by atomic mass is 9.94. The van der Waals surface area contributed by atoms with Gasteiger partial charge in [-0.25, -0.2) is 0 Å². The third-order valence-electron chi connectivity index (χ3n) is 6.81. The summed E-state index contributed by atoms with van der Waals surface area (Å²) in [6.45, 7) is 8.84. The van der Waals surface area contributed by atoms with E-state index in [0.717, 1.165) is 40.8 Å². The highest BCUT2D eigenvalue weighted by Crippen LogP contribution is 2.29. The molecule has 2 heterocycles. The highest BCUT2D eigenvalue weighted by atomic mass is 16.4. The lowest BCUT2D eigenvalue weighted by Gasteiger charge is -2.25. The number of nitrogens with zero attached hydrogens (tertiary/aromatic N) is 3. The Morgan fingerprint density at radius 3 is 2.38 bits per heavy atom. The molecule has 1 aromatic carbocycles. The van der Waals surface area contributed by atoms with Gasteiger partial charge in [-0.05, 0) is 80.6 Å². The van der Waals surface area contributed by atoms with Crippen LogP contribution in [0.5, 0.6) is 0 Å². The fourth-order valence-electron chi connectivity index (χ4n) is 4.84. The number of aromatic nitrogens is 2. The van der Waals surface area contributed by atoms with Gasteiger partial charge in [-0.3, -0.25) is 19.4 Å². The van der Waals surface area contributed by atoms with E-state index in [0.29, 0.717) is 12.0 Å². The molecular formula is C31H40N4O4. The molecule has 3 aromatic rings. The fourth-order valence-corrected chi connectivity index (χ4v) is 4.84. The minimum absolute atomic E-state index is 0.130. The number of aryl methyl sites for hydroxylation is 2. The van der Waals surface area contributed by atoms with Crippen molar-refractivity contribution in [3.63, 3.8) is 0 Å². The van der Waals surface area contributed by atoms with Crippen molar-refractivity contribution in [2.45, 2.75) is 59.0 Å². The van der Waals surface area contributed by atoms with Crippen LogP contribution in [0.25, 0.3) is 11.1 Å². The van der Waals surface area contributed by atoms with Gasteiger partial charge < -0.3 is 19.9 Å². The molecule has 2 N–H and O–H groups in total. The van der Waals surface area contributed by atoms with Crippen LogP contribution in [0.15, 0.2) is 59.8 Å². The number of pyridine rings is 2. The van der Waals surface area contributed by atoms with Crippen LogP contribution < -0.4 is 10.9 Å². The number of carbonyl (C=O) groups is 2. The van der Waals surface area contributed by atoms with Gasteiger partial charge in [0.1, 0.15) is 6.04 Å². The Kier molecular flexibility index (Phi) is 10.2. The van der Waals surface area contributed by atoms with Crippen molar-refractivity contribution in [1.29, 1.82) is 0 Å². The molecule has 8 heteroatoms. The largest absolute Gasteiger partial charge is 0.481 e. The van der Waals surface area contributed by atoms with Crippen molar-refractivity contribution in [3.05, 3.63) is 87.6 Å². The quantitative estimate of drug-likeness (QED) is 0.355. The molecule has 0 radical (unpaired) electrons. The number of carbonyl (C=O) groups excluding carboxylic acids is 1. The molecule has 208 valence electrons. The summed E-state index contributed by atoms with van der Waals surface area (Å²) < 4.78 is 1.49. The average molecular weight is 533 g/mol. The number of hydrogen-bond acceptors (Lipinski definition) is 5. The monoisotopic (exact) mass is 532 g/mol. The predicted molar refractivity (Wildman–Crippen MR) is 154 cm³/mol. The number of carboxylic acids is 1. The second kappa shape index (κ2) is 13.3. The van der Waals surface area contributed by atoms with Crippen LogP contribution in [0, 0.1) is 19.8 Å². The number of carboxylic acid groups (broad SMARTS) is 1. The first-order valence-corrected chi connectivity index (χ1v) is 13.4.